The van der Waals surface area contributed by atoms with Crippen LogP contribution < -0.4 is 5.73 Å². The van der Waals surface area contributed by atoms with Crippen LogP contribution in [-0.4, -0.2) is 25.9 Å². The average molecular weight is 227 g/mol. The van der Waals surface area contributed by atoms with E-state index in [0.717, 1.165) is 11.5 Å². The standard InChI is InChI=1S/C12H21NO3/c1-8-5-6-11(15-8)12(10(3)13)16-9(2)7-14-4/h5-6,9-10,12H,7,13H2,1-4H3. The summed E-state index contributed by atoms with van der Waals surface area (Å²) in [7, 11) is 1.65. The van der Waals surface area contributed by atoms with E-state index in [2.05, 4.69) is 0 Å². The van der Waals surface area contributed by atoms with Gasteiger partial charge < -0.3 is 19.6 Å². The molecule has 4 heteroatoms. The summed E-state index contributed by atoms with van der Waals surface area (Å²) in [6.07, 6.45) is -0.231. The van der Waals surface area contributed by atoms with Crippen molar-refractivity contribution >= 4 is 0 Å². The third kappa shape index (κ3) is 3.63. The molecule has 0 aliphatic heterocycles. The fraction of sp³-hybridized carbons (Fsp3) is 0.667. The van der Waals surface area contributed by atoms with Crippen LogP contribution in [0.3, 0.4) is 0 Å². The van der Waals surface area contributed by atoms with Crippen molar-refractivity contribution in [2.24, 2.45) is 5.73 Å². The van der Waals surface area contributed by atoms with E-state index in [4.69, 9.17) is 19.6 Å². The second kappa shape index (κ2) is 6.03. The first kappa shape index (κ1) is 13.2. The molecule has 4 nitrogen and oxygen atoms in total. The Labute approximate surface area is 96.7 Å². The first-order chi connectivity index (χ1) is 7.54. The smallest absolute Gasteiger partial charge is 0.134 e. The van der Waals surface area contributed by atoms with Crippen molar-refractivity contribution in [2.45, 2.75) is 39.0 Å². The lowest BCUT2D eigenvalue weighted by molar-refractivity contribution is -0.0564. The number of aryl methyl sites for hydroxylation is 1. The molecular formula is C12H21NO3. The number of furan rings is 1. The second-order valence-electron chi connectivity index (χ2n) is 4.13. The molecule has 16 heavy (non-hydrogen) atoms. The van der Waals surface area contributed by atoms with Crippen LogP contribution in [0.2, 0.25) is 0 Å². The van der Waals surface area contributed by atoms with Crippen molar-refractivity contribution in [1.82, 2.24) is 0 Å². The van der Waals surface area contributed by atoms with Gasteiger partial charge in [-0.05, 0) is 32.9 Å². The minimum absolute atomic E-state index is 0.00796. The zero-order valence-corrected chi connectivity index (χ0v) is 10.4. The van der Waals surface area contributed by atoms with Gasteiger partial charge in [0.2, 0.25) is 0 Å². The summed E-state index contributed by atoms with van der Waals surface area (Å²) in [6.45, 7) is 6.31. The zero-order valence-electron chi connectivity index (χ0n) is 10.4. The van der Waals surface area contributed by atoms with Gasteiger partial charge in [0.15, 0.2) is 0 Å². The number of hydrogen-bond donors (Lipinski definition) is 1. The second-order valence-corrected chi connectivity index (χ2v) is 4.13. The highest BCUT2D eigenvalue weighted by Crippen LogP contribution is 2.24. The summed E-state index contributed by atoms with van der Waals surface area (Å²) in [4.78, 5) is 0. The molecule has 0 bridgehead atoms. The Bertz CT molecular complexity index is 309. The Balaban J connectivity index is 2.68. The molecule has 0 aliphatic rings. The molecule has 1 aromatic rings. The Kier molecular flexibility index (Phi) is 4.99. The Hall–Kier alpha value is -0.840. The maximum Gasteiger partial charge on any atom is 0.134 e. The van der Waals surface area contributed by atoms with E-state index < -0.39 is 0 Å². The third-order valence-corrected chi connectivity index (χ3v) is 2.30. The van der Waals surface area contributed by atoms with Crippen LogP contribution in [0.1, 0.15) is 31.5 Å². The van der Waals surface area contributed by atoms with Gasteiger partial charge in [-0.1, -0.05) is 0 Å². The SMILES string of the molecule is COCC(C)OC(c1ccc(C)o1)C(C)N. The minimum Gasteiger partial charge on any atom is -0.464 e. The molecule has 1 aromatic heterocycles. The van der Waals surface area contributed by atoms with E-state index in [1.807, 2.05) is 32.9 Å². The summed E-state index contributed by atoms with van der Waals surface area (Å²) in [5.74, 6) is 1.64. The fourth-order valence-corrected chi connectivity index (χ4v) is 1.58. The molecule has 92 valence electrons. The van der Waals surface area contributed by atoms with E-state index in [-0.39, 0.29) is 18.2 Å². The van der Waals surface area contributed by atoms with E-state index in [0.29, 0.717) is 6.61 Å². The van der Waals surface area contributed by atoms with Gasteiger partial charge in [-0.2, -0.15) is 0 Å². The third-order valence-electron chi connectivity index (χ3n) is 2.30. The van der Waals surface area contributed by atoms with Crippen LogP contribution in [-0.2, 0) is 9.47 Å². The van der Waals surface area contributed by atoms with E-state index in [1.165, 1.54) is 0 Å². The molecule has 0 fully saturated rings. The van der Waals surface area contributed by atoms with Gasteiger partial charge in [0.1, 0.15) is 17.6 Å². The molecule has 0 aliphatic carbocycles. The average Bonchev–Trinajstić information content (AvgIpc) is 2.61. The normalized spacial score (nSPS) is 17.1. The van der Waals surface area contributed by atoms with Gasteiger partial charge in [-0.3, -0.25) is 0 Å². The van der Waals surface area contributed by atoms with Crippen LogP contribution >= 0.6 is 0 Å². The number of nitrogens with two attached hydrogens (primary N) is 1. The monoisotopic (exact) mass is 227 g/mol. The predicted molar refractivity (Wildman–Crippen MR) is 62.3 cm³/mol. The summed E-state index contributed by atoms with van der Waals surface area (Å²) in [6, 6.07) is 3.70. The Morgan fingerprint density at radius 2 is 2.06 bits per heavy atom. The van der Waals surface area contributed by atoms with Gasteiger partial charge in [-0.15, -0.1) is 0 Å². The molecule has 1 rings (SSSR count). The number of hydrogen-bond acceptors (Lipinski definition) is 4. The van der Waals surface area contributed by atoms with Crippen LogP contribution in [0.5, 0.6) is 0 Å². The molecule has 0 amide bonds. The van der Waals surface area contributed by atoms with Crippen molar-refractivity contribution in [2.75, 3.05) is 13.7 Å². The van der Waals surface area contributed by atoms with Gasteiger partial charge >= 0.3 is 0 Å². The molecule has 0 radical (unpaired) electrons. The largest absolute Gasteiger partial charge is 0.464 e. The predicted octanol–water partition coefficient (Wildman–Crippen LogP) is 2.03. The number of methoxy groups -OCH3 is 1. The number of ether oxygens (including phenoxy) is 2. The molecule has 0 saturated carbocycles. The lowest BCUT2D eigenvalue weighted by Gasteiger charge is -2.23. The topological polar surface area (TPSA) is 57.6 Å². The van der Waals surface area contributed by atoms with E-state index in [1.54, 1.807) is 7.11 Å². The molecule has 0 spiro atoms. The summed E-state index contributed by atoms with van der Waals surface area (Å²) in [5, 5.41) is 0. The van der Waals surface area contributed by atoms with E-state index >= 15 is 0 Å². The van der Waals surface area contributed by atoms with Gasteiger partial charge in [0, 0.05) is 13.2 Å². The fourth-order valence-electron chi connectivity index (χ4n) is 1.58. The van der Waals surface area contributed by atoms with Crippen molar-refractivity contribution in [1.29, 1.82) is 0 Å². The lowest BCUT2D eigenvalue weighted by Crippen LogP contribution is -2.30. The molecule has 1 heterocycles. The maximum atomic E-state index is 5.90. The highest BCUT2D eigenvalue weighted by Gasteiger charge is 2.22. The van der Waals surface area contributed by atoms with E-state index in [9.17, 15) is 0 Å². The first-order valence-electron chi connectivity index (χ1n) is 5.51. The highest BCUT2D eigenvalue weighted by atomic mass is 16.5. The lowest BCUT2D eigenvalue weighted by atomic mass is 10.1. The van der Waals surface area contributed by atoms with Crippen LogP contribution in [0.15, 0.2) is 16.5 Å². The highest BCUT2D eigenvalue weighted by molar-refractivity contribution is 5.09. The van der Waals surface area contributed by atoms with Crippen molar-refractivity contribution in [3.63, 3.8) is 0 Å². The quantitative estimate of drug-likeness (QED) is 0.807. The Morgan fingerprint density at radius 3 is 2.50 bits per heavy atom. The Morgan fingerprint density at radius 1 is 1.38 bits per heavy atom. The van der Waals surface area contributed by atoms with Crippen LogP contribution in [0.4, 0.5) is 0 Å². The van der Waals surface area contributed by atoms with Crippen LogP contribution in [0, 0.1) is 6.92 Å². The van der Waals surface area contributed by atoms with Crippen LogP contribution in [0.25, 0.3) is 0 Å². The maximum absolute atomic E-state index is 5.90. The molecule has 2 N–H and O–H groups in total. The van der Waals surface area contributed by atoms with Gasteiger partial charge in [0.05, 0.1) is 12.7 Å². The summed E-state index contributed by atoms with van der Waals surface area (Å²) >= 11 is 0. The van der Waals surface area contributed by atoms with Crippen molar-refractivity contribution in [3.8, 4) is 0 Å². The van der Waals surface area contributed by atoms with Gasteiger partial charge in [0.25, 0.3) is 0 Å². The number of rotatable bonds is 6. The molecule has 0 aromatic carbocycles. The first-order valence-corrected chi connectivity index (χ1v) is 5.51. The minimum atomic E-state index is -0.223. The molecule has 3 unspecified atom stereocenters. The van der Waals surface area contributed by atoms with Crippen molar-refractivity contribution in [3.05, 3.63) is 23.7 Å². The van der Waals surface area contributed by atoms with Crippen molar-refractivity contribution < 1.29 is 13.9 Å². The zero-order chi connectivity index (χ0) is 12.1. The summed E-state index contributed by atoms with van der Waals surface area (Å²) in [5.41, 5.74) is 5.90. The molecule has 0 saturated heterocycles. The molecular weight excluding hydrogens is 206 g/mol. The summed E-state index contributed by atoms with van der Waals surface area (Å²) < 4.78 is 16.4. The molecule has 3 atom stereocenters. The van der Waals surface area contributed by atoms with Gasteiger partial charge in [-0.25, -0.2) is 0 Å².